The number of ether oxygens (including phenoxy) is 2. The monoisotopic (exact) mass is 547 g/mol. The Labute approximate surface area is 219 Å². The number of fused-ring (bicyclic) bond motifs is 1. The van der Waals surface area contributed by atoms with Crippen molar-refractivity contribution < 1.29 is 28.9 Å². The average molecular weight is 548 g/mol. The lowest BCUT2D eigenvalue weighted by Gasteiger charge is -2.25. The van der Waals surface area contributed by atoms with Crippen LogP contribution in [0.3, 0.4) is 0 Å². The molecule has 12 nitrogen and oxygen atoms in total. The van der Waals surface area contributed by atoms with Crippen LogP contribution < -0.4 is 16.0 Å². The second-order valence-corrected chi connectivity index (χ2v) is 9.88. The lowest BCUT2D eigenvalue weighted by Crippen LogP contribution is -2.52. The van der Waals surface area contributed by atoms with Gasteiger partial charge in [-0.15, -0.1) is 4.80 Å². The van der Waals surface area contributed by atoms with Gasteiger partial charge in [0.25, 0.3) is 5.56 Å². The molecular formula is C24H26FN5O7S. The molecule has 14 heteroatoms. The average Bonchev–Trinajstić information content (AvgIpc) is 3.51. The Hall–Kier alpha value is -3.88. The molecule has 4 rings (SSSR count). The number of rotatable bonds is 10. The first kappa shape index (κ1) is 27.2. The van der Waals surface area contributed by atoms with Crippen LogP contribution in [0.5, 0.6) is 5.75 Å². The molecule has 0 amide bonds. The van der Waals surface area contributed by atoms with E-state index in [1.165, 1.54) is 60.9 Å². The third-order valence-electron chi connectivity index (χ3n) is 6.17. The minimum absolute atomic E-state index is 0.114. The Balaban J connectivity index is 2.05. The molecule has 0 radical (unpaired) electrons. The molecule has 202 valence electrons. The number of benzene rings is 1. The van der Waals surface area contributed by atoms with Crippen LogP contribution in [0.25, 0.3) is 15.2 Å². The summed E-state index contributed by atoms with van der Waals surface area (Å²) in [5.74, 6) is -1.68. The Bertz CT molecular complexity index is 1610. The molecule has 0 spiro atoms. The van der Waals surface area contributed by atoms with E-state index in [9.17, 15) is 29.0 Å². The fourth-order valence-electron chi connectivity index (χ4n) is 4.15. The predicted molar refractivity (Wildman–Crippen MR) is 136 cm³/mol. The maximum absolute atomic E-state index is 14.3. The number of thiophene rings is 1. The molecule has 2 N–H and O–H groups in total. The van der Waals surface area contributed by atoms with Crippen LogP contribution in [0.15, 0.2) is 40.2 Å². The number of carboxylic acids is 1. The number of carbonyl (C=O) groups is 1. The quantitative estimate of drug-likeness (QED) is 0.303. The largest absolute Gasteiger partial charge is 0.496 e. The smallest absolute Gasteiger partial charge is 0.333 e. The van der Waals surface area contributed by atoms with Gasteiger partial charge in [-0.1, -0.05) is 11.3 Å². The van der Waals surface area contributed by atoms with E-state index < -0.39 is 34.7 Å². The zero-order chi connectivity index (χ0) is 27.8. The van der Waals surface area contributed by atoms with Gasteiger partial charge in [-0.2, -0.15) is 10.2 Å². The summed E-state index contributed by atoms with van der Waals surface area (Å²) in [6.45, 7) is 3.41. The number of hydrogen-bond donors (Lipinski definition) is 2. The van der Waals surface area contributed by atoms with Gasteiger partial charge in [-0.3, -0.25) is 9.36 Å². The Kier molecular flexibility index (Phi) is 7.49. The lowest BCUT2D eigenvalue weighted by atomic mass is 10.1. The summed E-state index contributed by atoms with van der Waals surface area (Å²) in [5.41, 5.74) is -2.87. The number of halogens is 1. The molecular weight excluding hydrogens is 521 g/mol. The topological polar surface area (TPSA) is 151 Å². The van der Waals surface area contributed by atoms with Crippen molar-refractivity contribution >= 4 is 27.5 Å². The van der Waals surface area contributed by atoms with Gasteiger partial charge in [-0.05, 0) is 39.0 Å². The van der Waals surface area contributed by atoms with Gasteiger partial charge in [-0.25, -0.2) is 18.5 Å². The molecule has 1 aromatic carbocycles. The normalized spacial score (nSPS) is 12.7. The van der Waals surface area contributed by atoms with Crippen molar-refractivity contribution in [1.82, 2.24) is 24.1 Å². The van der Waals surface area contributed by atoms with Crippen LogP contribution in [-0.2, 0) is 21.6 Å². The molecule has 4 aromatic rings. The third kappa shape index (κ3) is 4.61. The van der Waals surface area contributed by atoms with E-state index in [-0.39, 0.29) is 41.3 Å². The molecule has 1 atom stereocenters. The van der Waals surface area contributed by atoms with Gasteiger partial charge < -0.3 is 19.7 Å². The van der Waals surface area contributed by atoms with Crippen LogP contribution in [0.1, 0.15) is 31.1 Å². The Morgan fingerprint density at radius 2 is 1.92 bits per heavy atom. The van der Waals surface area contributed by atoms with E-state index in [1.54, 1.807) is 6.92 Å². The van der Waals surface area contributed by atoms with E-state index in [0.29, 0.717) is 15.1 Å². The summed E-state index contributed by atoms with van der Waals surface area (Å²) >= 11 is 1.07. The molecule has 0 fully saturated rings. The number of carboxylic acid groups (broad SMARTS) is 1. The number of methoxy groups -OCH3 is 1. The minimum Gasteiger partial charge on any atom is -0.496 e. The molecule has 3 heterocycles. The lowest BCUT2D eigenvalue weighted by molar-refractivity contribution is -0.146. The maximum atomic E-state index is 14.3. The highest BCUT2D eigenvalue weighted by Crippen LogP contribution is 2.34. The number of hydrogen-bond acceptors (Lipinski definition) is 9. The van der Waals surface area contributed by atoms with Crippen molar-refractivity contribution in [3.05, 3.63) is 68.4 Å². The van der Waals surface area contributed by atoms with Crippen molar-refractivity contribution in [2.24, 2.45) is 0 Å². The van der Waals surface area contributed by atoms with E-state index >= 15 is 0 Å². The molecule has 0 saturated heterocycles. The van der Waals surface area contributed by atoms with Crippen LogP contribution in [0.4, 0.5) is 4.39 Å². The van der Waals surface area contributed by atoms with Gasteiger partial charge in [0.1, 0.15) is 33.0 Å². The highest BCUT2D eigenvalue weighted by molar-refractivity contribution is 7.21. The molecule has 0 bridgehead atoms. The first-order valence-corrected chi connectivity index (χ1v) is 12.3. The summed E-state index contributed by atoms with van der Waals surface area (Å²) in [4.78, 5) is 41.1. The number of aliphatic hydroxyl groups excluding tert-OH is 1. The van der Waals surface area contributed by atoms with Crippen molar-refractivity contribution in [2.45, 2.75) is 39.0 Å². The first-order valence-electron chi connectivity index (χ1n) is 11.5. The zero-order valence-corrected chi connectivity index (χ0v) is 21.9. The van der Waals surface area contributed by atoms with Crippen LogP contribution in [0, 0.1) is 12.7 Å². The minimum atomic E-state index is -1.90. The summed E-state index contributed by atoms with van der Waals surface area (Å²) in [7, 11) is 1.39. The van der Waals surface area contributed by atoms with E-state index in [2.05, 4.69) is 10.2 Å². The fraction of sp³-hybridized carbons (Fsp3) is 0.375. The second kappa shape index (κ2) is 10.5. The predicted octanol–water partition coefficient (Wildman–Crippen LogP) is 1.83. The molecule has 38 heavy (non-hydrogen) atoms. The van der Waals surface area contributed by atoms with Gasteiger partial charge in [0.15, 0.2) is 0 Å². The number of aryl methyl sites for hydroxylation is 1. The molecule has 0 saturated carbocycles. The van der Waals surface area contributed by atoms with Gasteiger partial charge in [0.05, 0.1) is 44.6 Å². The molecule has 0 unspecified atom stereocenters. The number of aromatic nitrogens is 5. The highest BCUT2D eigenvalue weighted by atomic mass is 32.1. The van der Waals surface area contributed by atoms with Crippen LogP contribution >= 0.6 is 11.3 Å². The maximum Gasteiger partial charge on any atom is 0.333 e. The number of aliphatic hydroxyl groups is 1. The Morgan fingerprint density at radius 1 is 1.24 bits per heavy atom. The van der Waals surface area contributed by atoms with Crippen molar-refractivity contribution in [3.63, 3.8) is 0 Å². The van der Waals surface area contributed by atoms with Gasteiger partial charge in [0, 0.05) is 11.1 Å². The van der Waals surface area contributed by atoms with Crippen molar-refractivity contribution in [1.29, 1.82) is 0 Å². The van der Waals surface area contributed by atoms with Crippen LogP contribution in [-0.4, -0.2) is 60.6 Å². The number of aliphatic carboxylic acids is 1. The van der Waals surface area contributed by atoms with Gasteiger partial charge in [0.2, 0.25) is 0 Å². The zero-order valence-electron chi connectivity index (χ0n) is 21.0. The Morgan fingerprint density at radius 3 is 2.53 bits per heavy atom. The fourth-order valence-corrected chi connectivity index (χ4v) is 5.37. The molecule has 0 aliphatic rings. The summed E-state index contributed by atoms with van der Waals surface area (Å²) in [6, 6.07) is 3.81. The van der Waals surface area contributed by atoms with Gasteiger partial charge >= 0.3 is 11.7 Å². The summed E-state index contributed by atoms with van der Waals surface area (Å²) < 4.78 is 27.3. The standard InChI is InChI=1S/C24H26FN5O7S/c1-13-18-19(32)29(24(2,3)22(33)34)23(35)28(21(18)38-20(13)30-26-7-8-27-30)12-17(37-10-9-31)15-11-14(25)5-6-16(15)36-4/h5-8,11,17,31H,9-10,12H2,1-4H3,(H,33,34)/t17-/m1/s1. The SMILES string of the molecule is COc1ccc(F)cc1[C@@H](Cn1c(=O)n(C(C)(C)C(=O)O)c(=O)c2c(C)c(-n3nccn3)sc21)OCCO. The highest BCUT2D eigenvalue weighted by Gasteiger charge is 2.36. The second-order valence-electron chi connectivity index (χ2n) is 8.90. The van der Waals surface area contributed by atoms with E-state index in [4.69, 9.17) is 9.47 Å². The molecule has 0 aliphatic carbocycles. The van der Waals surface area contributed by atoms with Crippen molar-refractivity contribution in [3.8, 4) is 10.8 Å². The van der Waals surface area contributed by atoms with E-state index in [0.717, 1.165) is 11.3 Å². The van der Waals surface area contributed by atoms with E-state index in [1.807, 2.05) is 0 Å². The van der Waals surface area contributed by atoms with Crippen LogP contribution in [0.2, 0.25) is 0 Å². The number of nitrogens with zero attached hydrogens (tertiary/aromatic N) is 5. The first-order chi connectivity index (χ1) is 18.0. The molecule has 0 aliphatic heterocycles. The summed E-state index contributed by atoms with van der Waals surface area (Å²) in [6.07, 6.45) is 1.90. The molecule has 3 aromatic heterocycles. The van der Waals surface area contributed by atoms with Crippen molar-refractivity contribution in [2.75, 3.05) is 20.3 Å². The summed E-state index contributed by atoms with van der Waals surface area (Å²) in [5, 5.41) is 28.1. The third-order valence-corrected chi connectivity index (χ3v) is 7.45.